The van der Waals surface area contributed by atoms with Crippen LogP contribution in [0.1, 0.15) is 71.8 Å². The molecule has 1 amide bonds. The molecule has 2 aliphatic heterocycles. The van der Waals surface area contributed by atoms with E-state index < -0.39 is 53.5 Å². The zero-order chi connectivity index (χ0) is 32.0. The maximum Gasteiger partial charge on any atom is 0.416 e. The first-order chi connectivity index (χ1) is 20.7. The molecule has 1 aromatic heterocycles. The van der Waals surface area contributed by atoms with Crippen LogP contribution in [-0.4, -0.2) is 56.8 Å². The van der Waals surface area contributed by atoms with Gasteiger partial charge in [0.15, 0.2) is 5.82 Å². The number of fused-ring (bicyclic) bond motifs is 3. The van der Waals surface area contributed by atoms with Gasteiger partial charge in [0, 0.05) is 25.1 Å². The van der Waals surface area contributed by atoms with Crippen LogP contribution in [-0.2, 0) is 25.9 Å². The van der Waals surface area contributed by atoms with E-state index in [1.807, 2.05) is 0 Å². The van der Waals surface area contributed by atoms with Gasteiger partial charge < -0.3 is 19.5 Å². The Morgan fingerprint density at radius 2 is 1.77 bits per heavy atom. The van der Waals surface area contributed by atoms with Crippen molar-refractivity contribution in [3.05, 3.63) is 70.3 Å². The number of hydrogen-bond acceptors (Lipinski definition) is 6. The highest BCUT2D eigenvalue weighted by Gasteiger charge is 2.43. The second-order valence-electron chi connectivity index (χ2n) is 10.8. The molecule has 5 rings (SSSR count). The fraction of sp³-hybridized carbons (Fsp3) is 0.448. The number of piperidine rings is 1. The van der Waals surface area contributed by atoms with Crippen molar-refractivity contribution >= 4 is 23.5 Å². The lowest BCUT2D eigenvalue weighted by molar-refractivity contribution is -0.139. The Hall–Kier alpha value is -3.78. The molecule has 1 N–H and O–H groups in total. The summed E-state index contributed by atoms with van der Waals surface area (Å²) < 4.78 is 83.7. The highest BCUT2D eigenvalue weighted by molar-refractivity contribution is 6.21. The van der Waals surface area contributed by atoms with Crippen molar-refractivity contribution in [3.63, 3.8) is 0 Å². The number of carboxylic acid groups (broad SMARTS) is 1. The van der Waals surface area contributed by atoms with Gasteiger partial charge in [0.05, 0.1) is 24.8 Å². The van der Waals surface area contributed by atoms with Gasteiger partial charge in [-0.25, -0.2) is 0 Å². The number of methoxy groups -OCH3 is 1. The molecule has 3 aromatic rings. The number of carboxylic acids is 1. The third-order valence-corrected chi connectivity index (χ3v) is 8.20. The van der Waals surface area contributed by atoms with Crippen LogP contribution in [0.15, 0.2) is 36.4 Å². The Bertz CT molecular complexity index is 1570. The van der Waals surface area contributed by atoms with E-state index in [2.05, 4.69) is 10.2 Å². The highest BCUT2D eigenvalue weighted by Crippen LogP contribution is 2.46. The lowest BCUT2D eigenvalue weighted by Crippen LogP contribution is -2.39. The van der Waals surface area contributed by atoms with Crippen molar-refractivity contribution in [2.75, 3.05) is 20.2 Å². The van der Waals surface area contributed by atoms with Crippen LogP contribution in [0.2, 0.25) is 0 Å². The molecule has 44 heavy (non-hydrogen) atoms. The zero-order valence-electron chi connectivity index (χ0n) is 23.6. The van der Waals surface area contributed by atoms with Gasteiger partial charge in [0.25, 0.3) is 0 Å². The number of rotatable bonds is 7. The average Bonchev–Trinajstić information content (AvgIpc) is 3.36. The summed E-state index contributed by atoms with van der Waals surface area (Å²) in [6.45, 7) is 2.22. The largest absolute Gasteiger partial charge is 0.496 e. The SMILES string of the molecule is COc1cccc([C@H]2O[C@H](CC(=O)N3CCC(CC(=O)O)CC3)c3nnc(C(F)(F)Cl)n3-c3ccc(C(F)(F)F)cc32)c1C. The van der Waals surface area contributed by atoms with Crippen molar-refractivity contribution in [2.24, 2.45) is 5.92 Å². The van der Waals surface area contributed by atoms with E-state index in [1.54, 1.807) is 25.1 Å². The smallest absolute Gasteiger partial charge is 0.416 e. The second kappa shape index (κ2) is 12.0. The number of amides is 1. The third-order valence-electron chi connectivity index (χ3n) is 8.03. The van der Waals surface area contributed by atoms with E-state index in [0.717, 1.165) is 22.8 Å². The normalized spacial score (nSPS) is 19.2. The van der Waals surface area contributed by atoms with Crippen LogP contribution >= 0.6 is 11.6 Å². The molecule has 2 aromatic carbocycles. The summed E-state index contributed by atoms with van der Waals surface area (Å²) in [6, 6.07) is 7.47. The zero-order valence-corrected chi connectivity index (χ0v) is 24.3. The van der Waals surface area contributed by atoms with E-state index >= 15 is 0 Å². The van der Waals surface area contributed by atoms with E-state index in [9.17, 15) is 31.5 Å². The molecule has 0 spiro atoms. The van der Waals surface area contributed by atoms with Gasteiger partial charge in [-0.3, -0.25) is 14.2 Å². The number of carbonyl (C=O) groups excluding carboxylic acids is 1. The number of aromatic nitrogens is 3. The fourth-order valence-corrected chi connectivity index (χ4v) is 5.93. The van der Waals surface area contributed by atoms with Crippen molar-refractivity contribution in [1.82, 2.24) is 19.7 Å². The van der Waals surface area contributed by atoms with E-state index in [1.165, 1.54) is 12.0 Å². The number of benzene rings is 2. The van der Waals surface area contributed by atoms with Crippen LogP contribution in [0.4, 0.5) is 22.0 Å². The second-order valence-corrected chi connectivity index (χ2v) is 11.3. The van der Waals surface area contributed by atoms with Gasteiger partial charge in [-0.15, -0.1) is 10.2 Å². The molecule has 0 saturated carbocycles. The van der Waals surface area contributed by atoms with Crippen LogP contribution in [0, 0.1) is 12.8 Å². The standard InChI is InChI=1S/C29H28ClF5N4O5/c1-15-18(4-3-5-21(15)43-2)25-19-13-17(29(33,34)35)6-7-20(19)39-26(36-37-27(39)28(30,31)32)22(44-25)14-23(40)38-10-8-16(9-11-38)12-24(41)42/h3-7,13,16,22,25H,8-12,14H2,1-2H3,(H,41,42)/t22-,25-/m1/s1. The van der Waals surface area contributed by atoms with Gasteiger partial charge in [-0.1, -0.05) is 12.1 Å². The Balaban J connectivity index is 1.62. The molecule has 9 nitrogen and oxygen atoms in total. The molecule has 236 valence electrons. The van der Waals surface area contributed by atoms with E-state index in [4.69, 9.17) is 26.2 Å². The molecular weight excluding hydrogens is 615 g/mol. The number of halogens is 6. The fourth-order valence-electron chi connectivity index (χ4n) is 5.81. The molecule has 0 radical (unpaired) electrons. The van der Waals surface area contributed by atoms with Gasteiger partial charge in [0.2, 0.25) is 11.7 Å². The van der Waals surface area contributed by atoms with Crippen molar-refractivity contribution in [3.8, 4) is 11.4 Å². The quantitative estimate of drug-likeness (QED) is 0.243. The molecule has 2 aliphatic rings. The minimum absolute atomic E-state index is 0.0218. The first kappa shape index (κ1) is 31.6. The van der Waals surface area contributed by atoms with Crippen LogP contribution in [0.5, 0.6) is 5.75 Å². The minimum Gasteiger partial charge on any atom is -0.496 e. The molecule has 2 atom stereocenters. The summed E-state index contributed by atoms with van der Waals surface area (Å²) in [7, 11) is 1.42. The number of hydrogen-bond donors (Lipinski definition) is 1. The lowest BCUT2D eigenvalue weighted by Gasteiger charge is -2.32. The molecule has 15 heteroatoms. The molecule has 1 saturated heterocycles. The molecular formula is C29H28ClF5N4O5. The van der Waals surface area contributed by atoms with Crippen molar-refractivity contribution < 1.29 is 46.1 Å². The minimum atomic E-state index is -4.77. The molecule has 0 aliphatic carbocycles. The molecule has 1 fully saturated rings. The number of carbonyl (C=O) groups is 2. The Morgan fingerprint density at radius 3 is 2.39 bits per heavy atom. The van der Waals surface area contributed by atoms with Gasteiger partial charge in [-0.2, -0.15) is 22.0 Å². The van der Waals surface area contributed by atoms with Crippen molar-refractivity contribution in [1.29, 1.82) is 0 Å². The Labute approximate surface area is 253 Å². The van der Waals surface area contributed by atoms with Gasteiger partial charge in [0.1, 0.15) is 18.0 Å². The summed E-state index contributed by atoms with van der Waals surface area (Å²) in [5, 5.41) is 12.5. The summed E-state index contributed by atoms with van der Waals surface area (Å²) >= 11 is 5.39. The highest BCUT2D eigenvalue weighted by atomic mass is 35.5. The van der Waals surface area contributed by atoms with Crippen LogP contribution in [0.25, 0.3) is 5.69 Å². The van der Waals surface area contributed by atoms with E-state index in [0.29, 0.717) is 29.7 Å². The topological polar surface area (TPSA) is 107 Å². The lowest BCUT2D eigenvalue weighted by atomic mass is 9.93. The molecule has 0 unspecified atom stereocenters. The molecule has 0 bridgehead atoms. The van der Waals surface area contributed by atoms with Crippen LogP contribution in [0.3, 0.4) is 0 Å². The first-order valence-electron chi connectivity index (χ1n) is 13.7. The van der Waals surface area contributed by atoms with E-state index in [-0.39, 0.29) is 42.5 Å². The third kappa shape index (κ3) is 6.23. The number of likely N-dealkylation sites (tertiary alicyclic amines) is 1. The predicted molar refractivity (Wildman–Crippen MR) is 146 cm³/mol. The summed E-state index contributed by atoms with van der Waals surface area (Å²) in [5.41, 5.74) is -0.379. The van der Waals surface area contributed by atoms with Crippen molar-refractivity contribution in [2.45, 2.75) is 56.4 Å². The summed E-state index contributed by atoms with van der Waals surface area (Å²) in [4.78, 5) is 26.1. The summed E-state index contributed by atoms with van der Waals surface area (Å²) in [6.07, 6.45) is -6.90. The Morgan fingerprint density at radius 1 is 1.07 bits per heavy atom. The number of aliphatic carboxylic acids is 1. The predicted octanol–water partition coefficient (Wildman–Crippen LogP) is 6.16. The Kier molecular flexibility index (Phi) is 8.60. The maximum atomic E-state index is 14.6. The first-order valence-corrected chi connectivity index (χ1v) is 14.1. The molecule has 3 heterocycles. The number of ether oxygens (including phenoxy) is 2. The van der Waals surface area contributed by atoms with Crippen LogP contribution < -0.4 is 4.74 Å². The monoisotopic (exact) mass is 642 g/mol. The van der Waals surface area contributed by atoms with Gasteiger partial charge >= 0.3 is 17.5 Å². The maximum absolute atomic E-state index is 14.6. The number of nitrogens with zero attached hydrogens (tertiary/aromatic N) is 4. The average molecular weight is 643 g/mol. The summed E-state index contributed by atoms with van der Waals surface area (Å²) in [5.74, 6) is -2.33. The number of alkyl halides is 6. The van der Waals surface area contributed by atoms with Gasteiger partial charge in [-0.05, 0) is 72.7 Å².